The molecule has 5 heteroatoms. The summed E-state index contributed by atoms with van der Waals surface area (Å²) in [6.07, 6.45) is 4.31. The van der Waals surface area contributed by atoms with Crippen molar-refractivity contribution in [1.82, 2.24) is 20.1 Å². The molecule has 0 radical (unpaired) electrons. The van der Waals surface area contributed by atoms with E-state index in [1.807, 2.05) is 16.4 Å². The minimum atomic E-state index is 0.768. The van der Waals surface area contributed by atoms with Crippen molar-refractivity contribution in [1.29, 1.82) is 0 Å². The SMILES string of the molecule is CCn1ncnc1CSc1ccc(CNC2CC2)cc1. The largest absolute Gasteiger partial charge is 0.310 e. The summed E-state index contributed by atoms with van der Waals surface area (Å²) < 4.78 is 1.95. The predicted molar refractivity (Wildman–Crippen MR) is 81.6 cm³/mol. The Bertz CT molecular complexity index is 545. The Kier molecular flexibility index (Phi) is 4.38. The fourth-order valence-corrected chi connectivity index (χ4v) is 2.91. The molecule has 1 aromatic carbocycles. The predicted octanol–water partition coefficient (Wildman–Crippen LogP) is 2.84. The lowest BCUT2D eigenvalue weighted by Gasteiger charge is -2.06. The van der Waals surface area contributed by atoms with Gasteiger partial charge in [-0.3, -0.25) is 0 Å². The molecule has 0 atom stereocenters. The molecule has 1 aromatic heterocycles. The fourth-order valence-electron chi connectivity index (χ4n) is 2.07. The highest BCUT2D eigenvalue weighted by molar-refractivity contribution is 7.98. The summed E-state index contributed by atoms with van der Waals surface area (Å²) in [5.41, 5.74) is 1.36. The average Bonchev–Trinajstić information content (AvgIpc) is 3.21. The van der Waals surface area contributed by atoms with E-state index in [-0.39, 0.29) is 0 Å². The molecular weight excluding hydrogens is 268 g/mol. The number of benzene rings is 1. The quantitative estimate of drug-likeness (QED) is 0.796. The Morgan fingerprint density at radius 2 is 2.10 bits per heavy atom. The Labute approximate surface area is 124 Å². The molecule has 0 bridgehead atoms. The monoisotopic (exact) mass is 288 g/mol. The highest BCUT2D eigenvalue weighted by atomic mass is 32.2. The van der Waals surface area contributed by atoms with Crippen LogP contribution in [-0.4, -0.2) is 20.8 Å². The number of hydrogen-bond donors (Lipinski definition) is 1. The van der Waals surface area contributed by atoms with Crippen LogP contribution in [0.25, 0.3) is 0 Å². The molecule has 1 aliphatic rings. The van der Waals surface area contributed by atoms with Crippen LogP contribution in [0.3, 0.4) is 0 Å². The first kappa shape index (κ1) is 13.6. The fraction of sp³-hybridized carbons (Fsp3) is 0.467. The Balaban J connectivity index is 1.52. The van der Waals surface area contributed by atoms with Crippen LogP contribution in [0.4, 0.5) is 0 Å². The molecule has 0 spiro atoms. The number of nitrogens with one attached hydrogen (secondary N) is 1. The van der Waals surface area contributed by atoms with E-state index in [0.29, 0.717) is 0 Å². The molecule has 1 fully saturated rings. The molecular formula is C15H20N4S. The zero-order valence-electron chi connectivity index (χ0n) is 11.7. The van der Waals surface area contributed by atoms with Gasteiger partial charge in [0.1, 0.15) is 12.2 Å². The zero-order valence-corrected chi connectivity index (χ0v) is 12.6. The third-order valence-corrected chi connectivity index (χ3v) is 4.47. The number of nitrogens with zero attached hydrogens (tertiary/aromatic N) is 3. The molecule has 1 heterocycles. The minimum Gasteiger partial charge on any atom is -0.310 e. The van der Waals surface area contributed by atoms with Crippen molar-refractivity contribution in [2.45, 2.75) is 49.5 Å². The second-order valence-electron chi connectivity index (χ2n) is 5.08. The zero-order chi connectivity index (χ0) is 13.8. The van der Waals surface area contributed by atoms with Gasteiger partial charge in [-0.1, -0.05) is 12.1 Å². The van der Waals surface area contributed by atoms with Gasteiger partial charge in [-0.15, -0.1) is 11.8 Å². The summed E-state index contributed by atoms with van der Waals surface area (Å²) >= 11 is 1.81. The second kappa shape index (κ2) is 6.41. The summed E-state index contributed by atoms with van der Waals surface area (Å²) in [6, 6.07) is 9.58. The summed E-state index contributed by atoms with van der Waals surface area (Å²) in [5, 5.41) is 7.73. The van der Waals surface area contributed by atoms with Gasteiger partial charge in [-0.05, 0) is 37.5 Å². The van der Waals surface area contributed by atoms with E-state index in [9.17, 15) is 0 Å². The van der Waals surface area contributed by atoms with Crippen LogP contribution in [0.1, 0.15) is 31.2 Å². The standard InChI is InChI=1S/C15H20N4S/c1-2-19-15(17-11-18-19)10-20-14-7-3-12(4-8-14)9-16-13-5-6-13/h3-4,7-8,11,13,16H,2,5-6,9-10H2,1H3. The highest BCUT2D eigenvalue weighted by Gasteiger charge is 2.19. The molecule has 4 nitrogen and oxygen atoms in total. The maximum atomic E-state index is 4.30. The van der Waals surface area contributed by atoms with E-state index < -0.39 is 0 Å². The van der Waals surface area contributed by atoms with Crippen molar-refractivity contribution in [3.63, 3.8) is 0 Å². The molecule has 0 unspecified atom stereocenters. The molecule has 20 heavy (non-hydrogen) atoms. The Hall–Kier alpha value is -1.33. The van der Waals surface area contributed by atoms with E-state index in [2.05, 4.69) is 46.6 Å². The molecule has 1 N–H and O–H groups in total. The van der Waals surface area contributed by atoms with Gasteiger partial charge in [-0.25, -0.2) is 9.67 Å². The van der Waals surface area contributed by atoms with E-state index in [1.54, 1.807) is 6.33 Å². The van der Waals surface area contributed by atoms with E-state index in [0.717, 1.165) is 30.7 Å². The van der Waals surface area contributed by atoms with Crippen LogP contribution in [-0.2, 0) is 18.8 Å². The molecule has 0 saturated heterocycles. The highest BCUT2D eigenvalue weighted by Crippen LogP contribution is 2.23. The maximum absolute atomic E-state index is 4.30. The lowest BCUT2D eigenvalue weighted by Crippen LogP contribution is -2.14. The van der Waals surface area contributed by atoms with Gasteiger partial charge in [0, 0.05) is 24.0 Å². The molecule has 2 aromatic rings. The lowest BCUT2D eigenvalue weighted by atomic mass is 10.2. The molecule has 0 amide bonds. The molecule has 3 rings (SSSR count). The Morgan fingerprint density at radius 3 is 2.80 bits per heavy atom. The van der Waals surface area contributed by atoms with Crippen LogP contribution in [0, 0.1) is 0 Å². The third-order valence-electron chi connectivity index (χ3n) is 3.46. The van der Waals surface area contributed by atoms with Crippen LogP contribution >= 0.6 is 11.8 Å². The van der Waals surface area contributed by atoms with Crippen LogP contribution < -0.4 is 5.32 Å². The first-order valence-electron chi connectivity index (χ1n) is 7.17. The van der Waals surface area contributed by atoms with Crippen LogP contribution in [0.15, 0.2) is 35.5 Å². The summed E-state index contributed by atoms with van der Waals surface area (Å²) in [5.74, 6) is 1.91. The number of aromatic nitrogens is 3. The van der Waals surface area contributed by atoms with Crippen molar-refractivity contribution in [2.75, 3.05) is 0 Å². The molecule has 0 aliphatic heterocycles. The van der Waals surface area contributed by atoms with Crippen molar-refractivity contribution in [3.05, 3.63) is 42.0 Å². The van der Waals surface area contributed by atoms with E-state index in [1.165, 1.54) is 23.3 Å². The van der Waals surface area contributed by atoms with Gasteiger partial charge >= 0.3 is 0 Å². The van der Waals surface area contributed by atoms with E-state index in [4.69, 9.17) is 0 Å². The maximum Gasteiger partial charge on any atom is 0.138 e. The van der Waals surface area contributed by atoms with E-state index >= 15 is 0 Å². The number of aryl methyl sites for hydroxylation is 1. The van der Waals surface area contributed by atoms with Gasteiger partial charge < -0.3 is 5.32 Å². The minimum absolute atomic E-state index is 0.768. The normalized spacial score (nSPS) is 14.7. The summed E-state index contributed by atoms with van der Waals surface area (Å²) in [6.45, 7) is 3.95. The first-order chi connectivity index (χ1) is 9.85. The van der Waals surface area contributed by atoms with Gasteiger partial charge in [0.2, 0.25) is 0 Å². The van der Waals surface area contributed by atoms with Crippen molar-refractivity contribution < 1.29 is 0 Å². The number of hydrogen-bond acceptors (Lipinski definition) is 4. The van der Waals surface area contributed by atoms with Gasteiger partial charge in [0.25, 0.3) is 0 Å². The van der Waals surface area contributed by atoms with Gasteiger partial charge in [-0.2, -0.15) is 5.10 Å². The number of thioether (sulfide) groups is 1. The molecule has 1 saturated carbocycles. The second-order valence-corrected chi connectivity index (χ2v) is 6.13. The van der Waals surface area contributed by atoms with Crippen LogP contribution in [0.5, 0.6) is 0 Å². The summed E-state index contributed by atoms with van der Waals surface area (Å²) in [4.78, 5) is 5.58. The molecule has 106 valence electrons. The van der Waals surface area contributed by atoms with Crippen molar-refractivity contribution in [3.8, 4) is 0 Å². The van der Waals surface area contributed by atoms with Gasteiger partial charge in [0.05, 0.1) is 5.75 Å². The van der Waals surface area contributed by atoms with Gasteiger partial charge in [0.15, 0.2) is 0 Å². The van der Waals surface area contributed by atoms with Crippen molar-refractivity contribution in [2.24, 2.45) is 0 Å². The third kappa shape index (κ3) is 3.61. The van der Waals surface area contributed by atoms with Crippen LogP contribution in [0.2, 0.25) is 0 Å². The van der Waals surface area contributed by atoms with Crippen molar-refractivity contribution >= 4 is 11.8 Å². The number of rotatable bonds is 7. The first-order valence-corrected chi connectivity index (χ1v) is 8.15. The average molecular weight is 288 g/mol. The molecule has 1 aliphatic carbocycles. The topological polar surface area (TPSA) is 42.7 Å². The summed E-state index contributed by atoms with van der Waals surface area (Å²) in [7, 11) is 0. The smallest absolute Gasteiger partial charge is 0.138 e. The lowest BCUT2D eigenvalue weighted by molar-refractivity contribution is 0.632. The Morgan fingerprint density at radius 1 is 1.30 bits per heavy atom.